The van der Waals surface area contributed by atoms with E-state index in [4.69, 9.17) is 5.73 Å². The molecule has 2 heterocycles. The Balaban J connectivity index is 1.90. The fourth-order valence-corrected chi connectivity index (χ4v) is 4.61. The molecule has 2 fully saturated rings. The molecule has 2 rings (SSSR count). The fourth-order valence-electron chi connectivity index (χ4n) is 2.89. The Morgan fingerprint density at radius 3 is 2.05 bits per heavy atom. The van der Waals surface area contributed by atoms with Crippen LogP contribution in [0.2, 0.25) is 0 Å². The highest BCUT2D eigenvalue weighted by molar-refractivity contribution is 7.86. The van der Waals surface area contributed by atoms with Gasteiger partial charge in [-0.1, -0.05) is 6.42 Å². The average molecular weight is 289 g/mol. The minimum Gasteiger partial charge on any atom is -0.370 e. The molecule has 0 spiro atoms. The van der Waals surface area contributed by atoms with Crippen LogP contribution in [0.3, 0.4) is 0 Å². The van der Waals surface area contributed by atoms with E-state index in [1.54, 1.807) is 8.61 Å². The van der Waals surface area contributed by atoms with Gasteiger partial charge in [-0.2, -0.15) is 17.0 Å². The summed E-state index contributed by atoms with van der Waals surface area (Å²) in [7, 11) is -3.29. The van der Waals surface area contributed by atoms with E-state index in [9.17, 15) is 13.2 Å². The Labute approximate surface area is 115 Å². The predicted octanol–water partition coefficient (Wildman–Crippen LogP) is 0.305. The van der Waals surface area contributed by atoms with E-state index in [-0.39, 0.29) is 11.8 Å². The average Bonchev–Trinajstić information content (AvgIpc) is 2.40. The standard InChI is InChI=1S/C12H23N3O3S/c13-12(16)10-11-4-8-15(9-5-11)19(17,18)14-6-2-1-3-7-14/h11H,1-10H2,(H2,13,16). The molecule has 2 N–H and O–H groups in total. The second-order valence-electron chi connectivity index (χ2n) is 5.48. The molecule has 2 saturated heterocycles. The van der Waals surface area contributed by atoms with Crippen molar-refractivity contribution in [2.24, 2.45) is 11.7 Å². The maximum atomic E-state index is 12.4. The van der Waals surface area contributed by atoms with Crippen LogP contribution in [0.4, 0.5) is 0 Å². The van der Waals surface area contributed by atoms with Gasteiger partial charge in [0.25, 0.3) is 10.2 Å². The summed E-state index contributed by atoms with van der Waals surface area (Å²) in [6.07, 6.45) is 4.87. The van der Waals surface area contributed by atoms with E-state index in [0.717, 1.165) is 32.1 Å². The second-order valence-corrected chi connectivity index (χ2v) is 7.41. The first-order chi connectivity index (χ1) is 9.00. The monoisotopic (exact) mass is 289 g/mol. The summed E-state index contributed by atoms with van der Waals surface area (Å²) in [5.41, 5.74) is 5.18. The highest BCUT2D eigenvalue weighted by Crippen LogP contribution is 2.24. The summed E-state index contributed by atoms with van der Waals surface area (Å²) >= 11 is 0. The van der Waals surface area contributed by atoms with Gasteiger partial charge >= 0.3 is 0 Å². The molecule has 0 unspecified atom stereocenters. The largest absolute Gasteiger partial charge is 0.370 e. The Morgan fingerprint density at radius 2 is 1.53 bits per heavy atom. The van der Waals surface area contributed by atoms with Crippen LogP contribution in [0.1, 0.15) is 38.5 Å². The van der Waals surface area contributed by atoms with Gasteiger partial charge in [0.1, 0.15) is 0 Å². The number of hydrogen-bond acceptors (Lipinski definition) is 3. The Morgan fingerprint density at radius 1 is 1.00 bits per heavy atom. The Bertz CT molecular complexity index is 410. The summed E-state index contributed by atoms with van der Waals surface area (Å²) in [5, 5.41) is 0. The molecule has 2 aliphatic heterocycles. The molecule has 0 aromatic heterocycles. The van der Waals surface area contributed by atoms with E-state index in [2.05, 4.69) is 0 Å². The summed E-state index contributed by atoms with van der Waals surface area (Å²) in [5.74, 6) is -0.0531. The van der Waals surface area contributed by atoms with E-state index in [1.807, 2.05) is 0 Å². The van der Waals surface area contributed by atoms with Gasteiger partial charge in [0.15, 0.2) is 0 Å². The maximum absolute atomic E-state index is 12.4. The van der Waals surface area contributed by atoms with Crippen molar-refractivity contribution in [3.8, 4) is 0 Å². The number of rotatable bonds is 4. The third kappa shape index (κ3) is 3.67. The molecular weight excluding hydrogens is 266 g/mol. The molecule has 0 aromatic rings. The quantitative estimate of drug-likeness (QED) is 0.808. The number of primary amides is 1. The van der Waals surface area contributed by atoms with E-state index < -0.39 is 10.2 Å². The van der Waals surface area contributed by atoms with Crippen LogP contribution in [0.25, 0.3) is 0 Å². The summed E-state index contributed by atoms with van der Waals surface area (Å²) in [4.78, 5) is 10.9. The van der Waals surface area contributed by atoms with Gasteiger partial charge in [-0.3, -0.25) is 4.79 Å². The highest BCUT2D eigenvalue weighted by Gasteiger charge is 2.33. The van der Waals surface area contributed by atoms with E-state index >= 15 is 0 Å². The summed E-state index contributed by atoms with van der Waals surface area (Å²) in [6, 6.07) is 0. The molecule has 1 amide bonds. The first kappa shape index (κ1) is 14.7. The molecule has 110 valence electrons. The lowest BCUT2D eigenvalue weighted by atomic mass is 9.94. The van der Waals surface area contributed by atoms with Gasteiger partial charge in [0.05, 0.1) is 0 Å². The molecule has 7 heteroatoms. The lowest BCUT2D eigenvalue weighted by Crippen LogP contribution is -2.48. The van der Waals surface area contributed by atoms with Crippen molar-refractivity contribution < 1.29 is 13.2 Å². The molecule has 0 aromatic carbocycles. The number of hydrogen-bond donors (Lipinski definition) is 1. The van der Waals surface area contributed by atoms with Gasteiger partial charge in [-0.15, -0.1) is 0 Å². The van der Waals surface area contributed by atoms with Gasteiger partial charge < -0.3 is 5.73 Å². The number of carbonyl (C=O) groups is 1. The molecular formula is C12H23N3O3S. The first-order valence-electron chi connectivity index (χ1n) is 7.03. The molecule has 0 aliphatic carbocycles. The van der Waals surface area contributed by atoms with Crippen molar-refractivity contribution in [1.29, 1.82) is 0 Å². The number of carbonyl (C=O) groups excluding carboxylic acids is 1. The lowest BCUT2D eigenvalue weighted by Gasteiger charge is -2.36. The fraction of sp³-hybridized carbons (Fsp3) is 0.917. The van der Waals surface area contributed by atoms with Crippen LogP contribution in [0.5, 0.6) is 0 Å². The van der Waals surface area contributed by atoms with Crippen molar-refractivity contribution in [2.75, 3.05) is 26.2 Å². The van der Waals surface area contributed by atoms with Crippen LogP contribution in [0, 0.1) is 5.92 Å². The first-order valence-corrected chi connectivity index (χ1v) is 8.43. The normalized spacial score (nSPS) is 24.4. The summed E-state index contributed by atoms with van der Waals surface area (Å²) < 4.78 is 28.0. The molecule has 0 saturated carbocycles. The maximum Gasteiger partial charge on any atom is 0.281 e. The molecule has 0 bridgehead atoms. The lowest BCUT2D eigenvalue weighted by molar-refractivity contribution is -0.119. The third-order valence-electron chi connectivity index (χ3n) is 4.03. The highest BCUT2D eigenvalue weighted by atomic mass is 32.2. The number of amides is 1. The van der Waals surface area contributed by atoms with Crippen molar-refractivity contribution in [1.82, 2.24) is 8.61 Å². The SMILES string of the molecule is NC(=O)CC1CCN(S(=O)(=O)N2CCCCC2)CC1. The van der Waals surface area contributed by atoms with Crippen LogP contribution in [-0.2, 0) is 15.0 Å². The van der Waals surface area contributed by atoms with Crippen molar-refractivity contribution in [3.63, 3.8) is 0 Å². The second kappa shape index (κ2) is 6.19. The topological polar surface area (TPSA) is 83.7 Å². The van der Waals surface area contributed by atoms with Gasteiger partial charge in [-0.05, 0) is 31.6 Å². The zero-order valence-corrected chi connectivity index (χ0v) is 12.1. The zero-order chi connectivity index (χ0) is 13.9. The van der Waals surface area contributed by atoms with Gasteiger partial charge in [-0.25, -0.2) is 0 Å². The van der Waals surface area contributed by atoms with E-state index in [0.29, 0.717) is 32.6 Å². The number of nitrogens with zero attached hydrogens (tertiary/aromatic N) is 2. The molecule has 0 radical (unpaired) electrons. The van der Waals surface area contributed by atoms with Crippen molar-refractivity contribution in [3.05, 3.63) is 0 Å². The molecule has 2 aliphatic rings. The smallest absolute Gasteiger partial charge is 0.281 e. The van der Waals surface area contributed by atoms with Crippen LogP contribution in [0.15, 0.2) is 0 Å². The van der Waals surface area contributed by atoms with Gasteiger partial charge in [0.2, 0.25) is 5.91 Å². The van der Waals surface area contributed by atoms with E-state index in [1.165, 1.54) is 0 Å². The molecule has 19 heavy (non-hydrogen) atoms. The predicted molar refractivity (Wildman–Crippen MR) is 72.5 cm³/mol. The van der Waals surface area contributed by atoms with Crippen LogP contribution < -0.4 is 5.73 Å². The minimum atomic E-state index is -3.29. The van der Waals surface area contributed by atoms with Crippen molar-refractivity contribution >= 4 is 16.1 Å². The van der Waals surface area contributed by atoms with Gasteiger partial charge in [0, 0.05) is 32.6 Å². The van der Waals surface area contributed by atoms with Crippen LogP contribution >= 0.6 is 0 Å². The van der Waals surface area contributed by atoms with Crippen molar-refractivity contribution in [2.45, 2.75) is 38.5 Å². The zero-order valence-electron chi connectivity index (χ0n) is 11.3. The number of nitrogens with two attached hydrogens (primary N) is 1. The Hall–Kier alpha value is -0.660. The minimum absolute atomic E-state index is 0.241. The summed E-state index contributed by atoms with van der Waals surface area (Å²) in [6.45, 7) is 2.31. The molecule has 6 nitrogen and oxygen atoms in total. The number of piperidine rings is 2. The molecule has 0 atom stereocenters. The third-order valence-corrected chi connectivity index (χ3v) is 6.07. The Kier molecular flexibility index (Phi) is 4.81. The van der Waals surface area contributed by atoms with Crippen LogP contribution in [-0.4, -0.2) is 49.1 Å².